The van der Waals surface area contributed by atoms with E-state index >= 15 is 0 Å². The summed E-state index contributed by atoms with van der Waals surface area (Å²) in [7, 11) is 0. The molecule has 2 N–H and O–H groups in total. The van der Waals surface area contributed by atoms with Crippen molar-refractivity contribution < 1.29 is 9.18 Å². The van der Waals surface area contributed by atoms with Crippen molar-refractivity contribution in [2.75, 3.05) is 0 Å². The molecular weight excluding hydrogens is 281 g/mol. The first-order valence-corrected chi connectivity index (χ1v) is 6.85. The number of benzene rings is 2. The van der Waals surface area contributed by atoms with Crippen LogP contribution in [-0.4, -0.2) is 16.1 Å². The number of nitrogens with zero attached hydrogens (tertiary/aromatic N) is 1. The third kappa shape index (κ3) is 3.20. The van der Waals surface area contributed by atoms with Crippen LogP contribution >= 0.6 is 0 Å². The molecule has 3 rings (SSSR count). The molecule has 5 heteroatoms. The topological polar surface area (TPSA) is 57.8 Å². The summed E-state index contributed by atoms with van der Waals surface area (Å²) in [4.78, 5) is 12.0. The fourth-order valence-electron chi connectivity index (χ4n) is 2.14. The van der Waals surface area contributed by atoms with E-state index < -0.39 is 0 Å². The molecule has 1 aromatic heterocycles. The molecule has 0 unspecified atom stereocenters. The van der Waals surface area contributed by atoms with E-state index in [0.29, 0.717) is 12.1 Å². The number of carbonyl (C=O) groups is 1. The summed E-state index contributed by atoms with van der Waals surface area (Å²) in [5.41, 5.74) is 3.04. The molecule has 0 radical (unpaired) electrons. The Bertz CT molecular complexity index is 767. The zero-order valence-corrected chi connectivity index (χ0v) is 11.7. The van der Waals surface area contributed by atoms with Gasteiger partial charge in [-0.05, 0) is 41.5 Å². The predicted molar refractivity (Wildman–Crippen MR) is 81.6 cm³/mol. The van der Waals surface area contributed by atoms with Gasteiger partial charge >= 0.3 is 0 Å². The van der Waals surface area contributed by atoms with E-state index in [1.807, 2.05) is 6.07 Å². The average molecular weight is 295 g/mol. The second-order valence-corrected chi connectivity index (χ2v) is 4.85. The van der Waals surface area contributed by atoms with Crippen LogP contribution in [0, 0.1) is 5.82 Å². The van der Waals surface area contributed by atoms with E-state index in [1.165, 1.54) is 12.1 Å². The number of nitrogens with one attached hydrogen (secondary N) is 2. The smallest absolute Gasteiger partial charge is 0.251 e. The Kier molecular flexibility index (Phi) is 3.96. The number of aromatic nitrogens is 2. The van der Waals surface area contributed by atoms with Crippen LogP contribution < -0.4 is 5.32 Å². The lowest BCUT2D eigenvalue weighted by Gasteiger charge is -2.06. The molecule has 2 aromatic carbocycles. The van der Waals surface area contributed by atoms with E-state index in [9.17, 15) is 9.18 Å². The van der Waals surface area contributed by atoms with Crippen molar-refractivity contribution in [2.24, 2.45) is 0 Å². The van der Waals surface area contributed by atoms with E-state index in [1.54, 1.807) is 42.6 Å². The molecule has 3 aromatic rings. The van der Waals surface area contributed by atoms with E-state index in [4.69, 9.17) is 0 Å². The van der Waals surface area contributed by atoms with Crippen molar-refractivity contribution in [3.8, 4) is 11.1 Å². The highest BCUT2D eigenvalue weighted by Gasteiger charge is 2.06. The van der Waals surface area contributed by atoms with Gasteiger partial charge in [0.15, 0.2) is 0 Å². The molecule has 0 bridgehead atoms. The Labute approximate surface area is 127 Å². The number of hydrogen-bond acceptors (Lipinski definition) is 2. The molecule has 1 amide bonds. The van der Waals surface area contributed by atoms with Gasteiger partial charge in [0.1, 0.15) is 5.82 Å². The summed E-state index contributed by atoms with van der Waals surface area (Å²) in [6.07, 6.45) is 1.63. The Morgan fingerprint density at radius 3 is 2.59 bits per heavy atom. The second-order valence-electron chi connectivity index (χ2n) is 4.85. The van der Waals surface area contributed by atoms with Crippen molar-refractivity contribution in [1.82, 2.24) is 15.5 Å². The molecule has 22 heavy (non-hydrogen) atoms. The summed E-state index contributed by atoms with van der Waals surface area (Å²) in [5, 5.41) is 9.40. The van der Waals surface area contributed by atoms with E-state index in [0.717, 1.165) is 16.8 Å². The maximum Gasteiger partial charge on any atom is 0.251 e. The first-order chi connectivity index (χ1) is 10.7. The van der Waals surface area contributed by atoms with Crippen LogP contribution in [-0.2, 0) is 6.54 Å². The lowest BCUT2D eigenvalue weighted by atomic mass is 10.0. The van der Waals surface area contributed by atoms with Crippen molar-refractivity contribution >= 4 is 5.91 Å². The van der Waals surface area contributed by atoms with Crippen molar-refractivity contribution in [1.29, 1.82) is 0 Å². The van der Waals surface area contributed by atoms with Crippen LogP contribution in [0.5, 0.6) is 0 Å². The summed E-state index contributed by atoms with van der Waals surface area (Å²) in [5.74, 6) is -0.445. The van der Waals surface area contributed by atoms with Gasteiger partial charge in [-0.25, -0.2) is 4.39 Å². The van der Waals surface area contributed by atoms with Gasteiger partial charge in [0.25, 0.3) is 5.91 Å². The minimum absolute atomic E-state index is 0.166. The standard InChI is InChI=1S/C17H14FN3O/c18-15-3-1-2-14(10-15)12-4-6-13(7-5-12)17(22)19-11-16-8-9-20-21-16/h1-10H,11H2,(H,19,22)(H,20,21). The summed E-state index contributed by atoms with van der Waals surface area (Å²) >= 11 is 0. The molecule has 0 fully saturated rings. The van der Waals surface area contributed by atoms with Gasteiger partial charge in [-0.1, -0.05) is 24.3 Å². The van der Waals surface area contributed by atoms with Crippen LogP contribution in [0.25, 0.3) is 11.1 Å². The molecule has 0 aliphatic heterocycles. The Balaban J connectivity index is 1.69. The number of rotatable bonds is 4. The molecule has 0 aliphatic rings. The zero-order chi connectivity index (χ0) is 15.4. The number of carbonyl (C=O) groups excluding carboxylic acids is 1. The van der Waals surface area contributed by atoms with Crippen LogP contribution in [0.15, 0.2) is 60.8 Å². The van der Waals surface area contributed by atoms with Crippen molar-refractivity contribution in [2.45, 2.75) is 6.54 Å². The summed E-state index contributed by atoms with van der Waals surface area (Å²) in [6.45, 7) is 0.393. The first-order valence-electron chi connectivity index (χ1n) is 6.85. The van der Waals surface area contributed by atoms with E-state index in [-0.39, 0.29) is 11.7 Å². The van der Waals surface area contributed by atoms with Gasteiger partial charge in [-0.15, -0.1) is 0 Å². The van der Waals surface area contributed by atoms with Crippen molar-refractivity contribution in [3.63, 3.8) is 0 Å². The van der Waals surface area contributed by atoms with E-state index in [2.05, 4.69) is 15.5 Å². The SMILES string of the molecule is O=C(NCc1ccn[nH]1)c1ccc(-c2cccc(F)c2)cc1. The van der Waals surface area contributed by atoms with Gasteiger partial charge in [-0.2, -0.15) is 5.10 Å². The lowest BCUT2D eigenvalue weighted by molar-refractivity contribution is 0.0950. The molecule has 110 valence electrons. The highest BCUT2D eigenvalue weighted by molar-refractivity contribution is 5.94. The Morgan fingerprint density at radius 1 is 1.09 bits per heavy atom. The maximum absolute atomic E-state index is 13.2. The lowest BCUT2D eigenvalue weighted by Crippen LogP contribution is -2.22. The minimum atomic E-state index is -0.279. The molecule has 0 spiro atoms. The third-order valence-electron chi connectivity index (χ3n) is 3.30. The molecule has 0 aliphatic carbocycles. The highest BCUT2D eigenvalue weighted by Crippen LogP contribution is 2.20. The molecular formula is C17H14FN3O. The van der Waals surface area contributed by atoms with Crippen LogP contribution in [0.1, 0.15) is 16.1 Å². The van der Waals surface area contributed by atoms with Crippen LogP contribution in [0.4, 0.5) is 4.39 Å². The van der Waals surface area contributed by atoms with Crippen LogP contribution in [0.2, 0.25) is 0 Å². The number of H-pyrrole nitrogens is 1. The molecule has 0 atom stereocenters. The highest BCUT2D eigenvalue weighted by atomic mass is 19.1. The number of aromatic amines is 1. The van der Waals surface area contributed by atoms with Gasteiger partial charge in [0.2, 0.25) is 0 Å². The Morgan fingerprint density at radius 2 is 1.91 bits per heavy atom. The Hall–Kier alpha value is -2.95. The predicted octanol–water partition coefficient (Wildman–Crippen LogP) is 3.15. The fraction of sp³-hybridized carbons (Fsp3) is 0.0588. The van der Waals surface area contributed by atoms with Crippen LogP contribution in [0.3, 0.4) is 0 Å². The van der Waals surface area contributed by atoms with Gasteiger partial charge in [0.05, 0.1) is 12.2 Å². The molecule has 0 saturated heterocycles. The number of halogens is 1. The average Bonchev–Trinajstić information content (AvgIpc) is 3.06. The van der Waals surface area contributed by atoms with Gasteiger partial charge in [0, 0.05) is 11.8 Å². The number of hydrogen-bond donors (Lipinski definition) is 2. The van der Waals surface area contributed by atoms with Gasteiger partial charge in [-0.3, -0.25) is 9.89 Å². The monoisotopic (exact) mass is 295 g/mol. The molecule has 4 nitrogen and oxygen atoms in total. The number of amides is 1. The van der Waals surface area contributed by atoms with Gasteiger partial charge < -0.3 is 5.32 Å². The molecule has 1 heterocycles. The third-order valence-corrected chi connectivity index (χ3v) is 3.30. The largest absolute Gasteiger partial charge is 0.346 e. The molecule has 0 saturated carbocycles. The zero-order valence-electron chi connectivity index (χ0n) is 11.7. The quantitative estimate of drug-likeness (QED) is 0.777. The maximum atomic E-state index is 13.2. The summed E-state index contributed by atoms with van der Waals surface area (Å²) in [6, 6.07) is 15.2. The second kappa shape index (κ2) is 6.22. The summed E-state index contributed by atoms with van der Waals surface area (Å²) < 4.78 is 13.2. The fourth-order valence-corrected chi connectivity index (χ4v) is 2.14. The normalized spacial score (nSPS) is 10.4. The van der Waals surface area contributed by atoms with Crippen molar-refractivity contribution in [3.05, 3.63) is 77.9 Å². The first kappa shape index (κ1) is 14.0. The minimum Gasteiger partial charge on any atom is -0.346 e.